The zero-order chi connectivity index (χ0) is 14.6. The fourth-order valence-electron chi connectivity index (χ4n) is 1.59. The second-order valence-corrected chi connectivity index (χ2v) is 5.25. The molecule has 1 heterocycles. The molecule has 1 aromatic heterocycles. The molecule has 1 aromatic rings. The van der Waals surface area contributed by atoms with Crippen LogP contribution >= 0.6 is 0 Å². The minimum atomic E-state index is -0.595. The lowest BCUT2D eigenvalue weighted by Gasteiger charge is -2.28. The first-order valence-electron chi connectivity index (χ1n) is 5.87. The topological polar surface area (TPSA) is 107 Å². The first-order chi connectivity index (χ1) is 8.75. The van der Waals surface area contributed by atoms with Crippen molar-refractivity contribution in [2.75, 3.05) is 20.1 Å². The van der Waals surface area contributed by atoms with E-state index in [1.54, 1.807) is 11.9 Å². The monoisotopic (exact) mass is 269 g/mol. The van der Waals surface area contributed by atoms with Crippen molar-refractivity contribution < 1.29 is 9.72 Å². The van der Waals surface area contributed by atoms with Crippen molar-refractivity contribution in [3.05, 3.63) is 22.4 Å². The highest BCUT2D eigenvalue weighted by Crippen LogP contribution is 2.14. The summed E-state index contributed by atoms with van der Waals surface area (Å²) in [6, 6.07) is 1.26. The number of carbonyl (C=O) groups is 1. The summed E-state index contributed by atoms with van der Waals surface area (Å²) in [5.74, 6) is -0.433. The van der Waals surface area contributed by atoms with Crippen molar-refractivity contribution in [3.8, 4) is 0 Å². The van der Waals surface area contributed by atoms with Gasteiger partial charge < -0.3 is 20.7 Å². The molecule has 0 bridgehead atoms. The Morgan fingerprint density at radius 2 is 2.26 bits per heavy atom. The Morgan fingerprint density at radius 1 is 1.63 bits per heavy atom. The lowest BCUT2D eigenvalue weighted by molar-refractivity contribution is -0.389. The predicted octanol–water partition coefficient (Wildman–Crippen LogP) is 0.235. The number of nitrogens with zero attached hydrogens (tertiary/aromatic N) is 4. The highest BCUT2D eigenvalue weighted by molar-refractivity contribution is 5.75. The van der Waals surface area contributed by atoms with Gasteiger partial charge in [0.2, 0.25) is 5.91 Å². The Labute approximate surface area is 111 Å². The summed E-state index contributed by atoms with van der Waals surface area (Å²) in [6.07, 6.45) is 1.41. The number of amides is 1. The molecule has 0 aliphatic rings. The van der Waals surface area contributed by atoms with Crippen LogP contribution in [0.25, 0.3) is 0 Å². The molecule has 0 spiro atoms. The van der Waals surface area contributed by atoms with E-state index in [0.717, 1.165) is 0 Å². The van der Waals surface area contributed by atoms with E-state index in [-0.39, 0.29) is 23.7 Å². The van der Waals surface area contributed by atoms with Gasteiger partial charge >= 0.3 is 5.82 Å². The minimum Gasteiger partial charge on any atom is -0.358 e. The Kier molecular flexibility index (Phi) is 4.60. The third-order valence-corrected chi connectivity index (χ3v) is 2.75. The third-order valence-electron chi connectivity index (χ3n) is 2.75. The molecule has 0 aliphatic heterocycles. The molecule has 0 saturated carbocycles. The maximum absolute atomic E-state index is 11.9. The Hall–Kier alpha value is -1.96. The quantitative estimate of drug-likeness (QED) is 0.587. The molecule has 0 atom stereocenters. The van der Waals surface area contributed by atoms with E-state index in [9.17, 15) is 14.9 Å². The number of carbonyl (C=O) groups excluding carboxylic acids is 1. The molecule has 106 valence electrons. The summed E-state index contributed by atoms with van der Waals surface area (Å²) in [6.45, 7) is 4.90. The standard InChI is InChI=1S/C11H19N5O3/c1-11(2,7-12)8-14(3)10(17)6-15-5-4-9(13-15)16(18)19/h4-5H,6-8,12H2,1-3H3. The number of nitro groups is 1. The lowest BCUT2D eigenvalue weighted by Crippen LogP contribution is -2.41. The molecule has 2 N–H and O–H groups in total. The highest BCUT2D eigenvalue weighted by Gasteiger charge is 2.22. The average Bonchev–Trinajstić information content (AvgIpc) is 2.77. The molecular weight excluding hydrogens is 250 g/mol. The van der Waals surface area contributed by atoms with Crippen molar-refractivity contribution in [1.82, 2.24) is 14.7 Å². The van der Waals surface area contributed by atoms with Gasteiger partial charge in [-0.1, -0.05) is 13.8 Å². The normalized spacial score (nSPS) is 11.4. The van der Waals surface area contributed by atoms with Gasteiger partial charge in [0.1, 0.15) is 6.54 Å². The fourth-order valence-corrected chi connectivity index (χ4v) is 1.59. The van der Waals surface area contributed by atoms with Crippen molar-refractivity contribution in [2.24, 2.45) is 11.1 Å². The fraction of sp³-hybridized carbons (Fsp3) is 0.636. The summed E-state index contributed by atoms with van der Waals surface area (Å²) in [5, 5.41) is 14.2. The molecule has 19 heavy (non-hydrogen) atoms. The molecule has 0 unspecified atom stereocenters. The molecule has 0 radical (unpaired) electrons. The van der Waals surface area contributed by atoms with Crippen LogP contribution in [0, 0.1) is 15.5 Å². The smallest absolute Gasteiger partial charge is 0.358 e. The number of hydrogen-bond acceptors (Lipinski definition) is 5. The molecule has 0 aromatic carbocycles. The van der Waals surface area contributed by atoms with E-state index in [0.29, 0.717) is 13.1 Å². The van der Waals surface area contributed by atoms with Crippen molar-refractivity contribution in [3.63, 3.8) is 0 Å². The molecule has 0 saturated heterocycles. The summed E-state index contributed by atoms with van der Waals surface area (Å²) in [4.78, 5) is 23.4. The van der Waals surface area contributed by atoms with Crippen LogP contribution in [0.15, 0.2) is 12.3 Å². The lowest BCUT2D eigenvalue weighted by atomic mass is 9.93. The summed E-state index contributed by atoms with van der Waals surface area (Å²) in [5.41, 5.74) is 5.45. The van der Waals surface area contributed by atoms with Gasteiger partial charge in [-0.15, -0.1) is 0 Å². The van der Waals surface area contributed by atoms with Crippen LogP contribution in [-0.4, -0.2) is 45.6 Å². The van der Waals surface area contributed by atoms with E-state index in [1.807, 2.05) is 13.8 Å². The first-order valence-corrected chi connectivity index (χ1v) is 5.87. The Bertz CT molecular complexity index is 469. The van der Waals surface area contributed by atoms with Crippen molar-refractivity contribution in [2.45, 2.75) is 20.4 Å². The van der Waals surface area contributed by atoms with E-state index in [2.05, 4.69) is 5.10 Å². The molecule has 0 aliphatic carbocycles. The second-order valence-electron chi connectivity index (χ2n) is 5.25. The largest absolute Gasteiger partial charge is 0.389 e. The third kappa shape index (κ3) is 4.32. The number of rotatable bonds is 6. The average molecular weight is 269 g/mol. The number of hydrogen-bond donors (Lipinski definition) is 1. The SMILES string of the molecule is CN(CC(C)(C)CN)C(=O)Cn1ccc([N+](=O)[O-])n1. The van der Waals surface area contributed by atoms with Gasteiger partial charge in [0, 0.05) is 13.6 Å². The van der Waals surface area contributed by atoms with Gasteiger partial charge in [-0.2, -0.15) is 4.68 Å². The van der Waals surface area contributed by atoms with Gasteiger partial charge in [-0.3, -0.25) is 4.79 Å². The number of likely N-dealkylation sites (N-methyl/N-ethyl adjacent to an activating group) is 1. The van der Waals surface area contributed by atoms with Crippen LogP contribution in [-0.2, 0) is 11.3 Å². The van der Waals surface area contributed by atoms with Gasteiger partial charge in [0.15, 0.2) is 0 Å². The summed E-state index contributed by atoms with van der Waals surface area (Å²) < 4.78 is 1.26. The predicted molar refractivity (Wildman–Crippen MR) is 69.4 cm³/mol. The second kappa shape index (κ2) is 5.79. The summed E-state index contributed by atoms with van der Waals surface area (Å²) >= 11 is 0. The van der Waals surface area contributed by atoms with Crippen LogP contribution in [0.3, 0.4) is 0 Å². The zero-order valence-corrected chi connectivity index (χ0v) is 11.4. The molecule has 8 heteroatoms. The van der Waals surface area contributed by atoms with Gasteiger partial charge in [0.05, 0.1) is 17.4 Å². The number of nitrogens with two attached hydrogens (primary N) is 1. The van der Waals surface area contributed by atoms with Gasteiger partial charge in [0.25, 0.3) is 0 Å². The van der Waals surface area contributed by atoms with Crippen molar-refractivity contribution >= 4 is 11.7 Å². The number of aromatic nitrogens is 2. The molecule has 0 fully saturated rings. The van der Waals surface area contributed by atoms with E-state index < -0.39 is 4.92 Å². The molecule has 1 rings (SSSR count). The van der Waals surface area contributed by atoms with Gasteiger partial charge in [-0.05, 0) is 16.9 Å². The van der Waals surface area contributed by atoms with Crippen LogP contribution in [0.2, 0.25) is 0 Å². The van der Waals surface area contributed by atoms with Crippen LogP contribution in [0.1, 0.15) is 13.8 Å². The maximum Gasteiger partial charge on any atom is 0.389 e. The highest BCUT2D eigenvalue weighted by atomic mass is 16.6. The van der Waals surface area contributed by atoms with Crippen LogP contribution in [0.4, 0.5) is 5.82 Å². The minimum absolute atomic E-state index is 0.0228. The van der Waals surface area contributed by atoms with Crippen LogP contribution in [0.5, 0.6) is 0 Å². The maximum atomic E-state index is 11.9. The Balaban J connectivity index is 2.61. The molecule has 1 amide bonds. The van der Waals surface area contributed by atoms with E-state index in [4.69, 9.17) is 5.73 Å². The molecule has 8 nitrogen and oxygen atoms in total. The first kappa shape index (κ1) is 15.1. The van der Waals surface area contributed by atoms with Gasteiger partial charge in [-0.25, -0.2) is 0 Å². The van der Waals surface area contributed by atoms with Crippen molar-refractivity contribution in [1.29, 1.82) is 0 Å². The summed E-state index contributed by atoms with van der Waals surface area (Å²) in [7, 11) is 1.68. The Morgan fingerprint density at radius 3 is 2.74 bits per heavy atom. The van der Waals surface area contributed by atoms with Crippen LogP contribution < -0.4 is 5.73 Å². The van der Waals surface area contributed by atoms with E-state index >= 15 is 0 Å². The van der Waals surface area contributed by atoms with E-state index in [1.165, 1.54) is 16.9 Å². The zero-order valence-electron chi connectivity index (χ0n) is 11.4. The molecular formula is C11H19N5O3.